The second-order valence-corrected chi connectivity index (χ2v) is 8.99. The van der Waals surface area contributed by atoms with Crippen LogP contribution in [0.2, 0.25) is 0 Å². The number of methoxy groups -OCH3 is 1. The molecule has 0 aromatic heterocycles. The molecule has 0 radical (unpaired) electrons. The fraction of sp³-hybridized carbons (Fsp3) is 0.208. The number of carbonyl (C=O) groups is 3. The Morgan fingerprint density at radius 2 is 2.06 bits per heavy atom. The van der Waals surface area contributed by atoms with E-state index in [1.54, 1.807) is 18.2 Å². The van der Waals surface area contributed by atoms with Gasteiger partial charge in [-0.2, -0.15) is 0 Å². The fourth-order valence-corrected chi connectivity index (χ4v) is 4.40. The van der Waals surface area contributed by atoms with Crippen LogP contribution in [0.4, 0.5) is 10.5 Å². The van der Waals surface area contributed by atoms with Crippen molar-refractivity contribution in [2.24, 2.45) is 0 Å². The summed E-state index contributed by atoms with van der Waals surface area (Å²) < 4.78 is 11.6. The monoisotopic (exact) mass is 528 g/mol. The number of ether oxygens (including phenoxy) is 2. The molecule has 3 rings (SSSR count). The second kappa shape index (κ2) is 10.6. The van der Waals surface area contributed by atoms with Crippen molar-refractivity contribution in [3.8, 4) is 23.8 Å². The molecule has 0 bridgehead atoms. The molecule has 1 aliphatic heterocycles. The quantitative estimate of drug-likeness (QED) is 0.411. The number of thioether (sulfide) groups is 1. The number of rotatable bonds is 7. The molecular formula is C24H21BrN2O5S. The van der Waals surface area contributed by atoms with Crippen LogP contribution in [-0.4, -0.2) is 42.2 Å². The third-order valence-electron chi connectivity index (χ3n) is 4.91. The molecule has 1 N–H and O–H groups in total. The number of halogens is 1. The van der Waals surface area contributed by atoms with E-state index in [0.29, 0.717) is 27.2 Å². The van der Waals surface area contributed by atoms with E-state index in [4.69, 9.17) is 15.9 Å². The predicted molar refractivity (Wildman–Crippen MR) is 132 cm³/mol. The Bertz CT molecular complexity index is 1200. The van der Waals surface area contributed by atoms with Crippen molar-refractivity contribution in [2.75, 3.05) is 25.6 Å². The molecule has 1 fully saturated rings. The Kier molecular flexibility index (Phi) is 7.84. The standard InChI is InChI=1S/C24H21BrN2O5S/c1-5-9-32-22-16(10-17(25)12-19(22)31-4)11-20-23(29)27(24(30)33-20)13-21(28)26-18-8-6-7-14(2)15(18)3/h1,6-8,10-12H,9,13H2,2-4H3,(H,26,28)/b20-11+. The van der Waals surface area contributed by atoms with E-state index in [9.17, 15) is 14.4 Å². The van der Waals surface area contributed by atoms with Gasteiger partial charge >= 0.3 is 0 Å². The van der Waals surface area contributed by atoms with Gasteiger partial charge in [0, 0.05) is 15.7 Å². The Balaban J connectivity index is 1.83. The number of benzene rings is 2. The van der Waals surface area contributed by atoms with Gasteiger partial charge < -0.3 is 14.8 Å². The predicted octanol–water partition coefficient (Wildman–Crippen LogP) is 4.76. The van der Waals surface area contributed by atoms with Crippen LogP contribution in [0.25, 0.3) is 6.08 Å². The molecule has 0 atom stereocenters. The number of anilines is 1. The Morgan fingerprint density at radius 1 is 1.30 bits per heavy atom. The minimum Gasteiger partial charge on any atom is -0.493 e. The van der Waals surface area contributed by atoms with E-state index in [1.165, 1.54) is 13.2 Å². The van der Waals surface area contributed by atoms with Crippen molar-refractivity contribution in [3.05, 3.63) is 56.4 Å². The van der Waals surface area contributed by atoms with Crippen LogP contribution in [-0.2, 0) is 9.59 Å². The average Bonchev–Trinajstić information content (AvgIpc) is 3.03. The van der Waals surface area contributed by atoms with Crippen molar-refractivity contribution in [3.63, 3.8) is 0 Å². The molecule has 9 heteroatoms. The highest BCUT2D eigenvalue weighted by molar-refractivity contribution is 9.10. The van der Waals surface area contributed by atoms with E-state index >= 15 is 0 Å². The van der Waals surface area contributed by atoms with Crippen LogP contribution in [0.1, 0.15) is 16.7 Å². The SMILES string of the molecule is C#CCOc1c(/C=C2/SC(=O)N(CC(=O)Nc3cccc(C)c3C)C2=O)cc(Br)cc1OC. The normalized spacial score (nSPS) is 14.4. The number of terminal acetylenes is 1. The molecule has 1 heterocycles. The first kappa shape index (κ1) is 24.4. The van der Waals surface area contributed by atoms with Gasteiger partial charge in [0.25, 0.3) is 11.1 Å². The molecule has 170 valence electrons. The average molecular weight is 529 g/mol. The number of imide groups is 1. The maximum Gasteiger partial charge on any atom is 0.294 e. The van der Waals surface area contributed by atoms with Crippen LogP contribution in [0, 0.1) is 26.2 Å². The molecular weight excluding hydrogens is 508 g/mol. The van der Waals surface area contributed by atoms with Crippen LogP contribution >= 0.6 is 27.7 Å². The number of carbonyl (C=O) groups excluding carboxylic acids is 3. The Morgan fingerprint density at radius 3 is 2.76 bits per heavy atom. The first-order valence-corrected chi connectivity index (χ1v) is 11.4. The molecule has 1 aliphatic rings. The zero-order valence-corrected chi connectivity index (χ0v) is 20.6. The van der Waals surface area contributed by atoms with Gasteiger partial charge in [0.2, 0.25) is 5.91 Å². The summed E-state index contributed by atoms with van der Waals surface area (Å²) in [5.41, 5.74) is 3.08. The highest BCUT2D eigenvalue weighted by atomic mass is 79.9. The first-order valence-electron chi connectivity index (χ1n) is 9.80. The van der Waals surface area contributed by atoms with E-state index in [1.807, 2.05) is 26.0 Å². The van der Waals surface area contributed by atoms with Crippen molar-refractivity contribution in [1.82, 2.24) is 4.90 Å². The second-order valence-electron chi connectivity index (χ2n) is 7.08. The van der Waals surface area contributed by atoms with Crippen molar-refractivity contribution >= 4 is 56.5 Å². The summed E-state index contributed by atoms with van der Waals surface area (Å²) in [6.07, 6.45) is 6.82. The van der Waals surface area contributed by atoms with Crippen LogP contribution < -0.4 is 14.8 Å². The van der Waals surface area contributed by atoms with E-state index in [-0.39, 0.29) is 11.5 Å². The third-order valence-corrected chi connectivity index (χ3v) is 6.27. The van der Waals surface area contributed by atoms with Gasteiger partial charge in [0.15, 0.2) is 11.5 Å². The molecule has 2 aromatic rings. The zero-order valence-electron chi connectivity index (χ0n) is 18.2. The summed E-state index contributed by atoms with van der Waals surface area (Å²) in [7, 11) is 1.48. The summed E-state index contributed by atoms with van der Waals surface area (Å²) in [5, 5.41) is 2.23. The highest BCUT2D eigenvalue weighted by Crippen LogP contribution is 2.39. The number of nitrogens with zero attached hydrogens (tertiary/aromatic N) is 1. The van der Waals surface area contributed by atoms with Gasteiger partial charge in [0.1, 0.15) is 13.2 Å². The third kappa shape index (κ3) is 5.59. The number of hydrogen-bond donors (Lipinski definition) is 1. The molecule has 7 nitrogen and oxygen atoms in total. The van der Waals surface area contributed by atoms with E-state index in [0.717, 1.165) is 27.8 Å². The topological polar surface area (TPSA) is 84.9 Å². The number of amides is 3. The lowest BCUT2D eigenvalue weighted by Gasteiger charge is -2.14. The zero-order chi connectivity index (χ0) is 24.1. The highest BCUT2D eigenvalue weighted by Gasteiger charge is 2.36. The van der Waals surface area contributed by atoms with E-state index < -0.39 is 23.6 Å². The van der Waals surface area contributed by atoms with Crippen molar-refractivity contribution < 1.29 is 23.9 Å². The van der Waals surface area contributed by atoms with Gasteiger partial charge in [-0.1, -0.05) is 34.0 Å². The number of hydrogen-bond acceptors (Lipinski definition) is 6. The Hall–Kier alpha value is -3.22. The van der Waals surface area contributed by atoms with Gasteiger partial charge in [-0.05, 0) is 61.0 Å². The first-order chi connectivity index (χ1) is 15.7. The van der Waals surface area contributed by atoms with Gasteiger partial charge in [-0.15, -0.1) is 6.42 Å². The lowest BCUT2D eigenvalue weighted by atomic mass is 10.1. The lowest BCUT2D eigenvalue weighted by molar-refractivity contribution is -0.127. The van der Waals surface area contributed by atoms with Crippen LogP contribution in [0.15, 0.2) is 39.7 Å². The Labute approximate surface area is 204 Å². The number of nitrogens with one attached hydrogen (secondary N) is 1. The molecule has 1 saturated heterocycles. The molecule has 0 unspecified atom stereocenters. The van der Waals surface area contributed by atoms with Crippen molar-refractivity contribution in [2.45, 2.75) is 13.8 Å². The van der Waals surface area contributed by atoms with Crippen LogP contribution in [0.5, 0.6) is 11.5 Å². The maximum absolute atomic E-state index is 12.9. The summed E-state index contributed by atoms with van der Waals surface area (Å²) in [6, 6.07) is 8.95. The molecule has 3 amide bonds. The minimum absolute atomic E-state index is 0.00113. The van der Waals surface area contributed by atoms with Gasteiger partial charge in [0.05, 0.1) is 12.0 Å². The molecule has 33 heavy (non-hydrogen) atoms. The van der Waals surface area contributed by atoms with Crippen LogP contribution in [0.3, 0.4) is 0 Å². The van der Waals surface area contributed by atoms with Crippen molar-refractivity contribution in [1.29, 1.82) is 0 Å². The number of aryl methyl sites for hydroxylation is 1. The largest absolute Gasteiger partial charge is 0.493 e. The fourth-order valence-electron chi connectivity index (χ4n) is 3.11. The summed E-state index contributed by atoms with van der Waals surface area (Å²) in [5.74, 6) is 2.12. The van der Waals surface area contributed by atoms with Gasteiger partial charge in [-0.25, -0.2) is 0 Å². The smallest absolute Gasteiger partial charge is 0.294 e. The molecule has 0 spiro atoms. The molecule has 0 aliphatic carbocycles. The lowest BCUT2D eigenvalue weighted by Crippen LogP contribution is -2.36. The molecule has 2 aromatic carbocycles. The van der Waals surface area contributed by atoms with E-state index in [2.05, 4.69) is 27.2 Å². The summed E-state index contributed by atoms with van der Waals surface area (Å²) in [6.45, 7) is 3.43. The summed E-state index contributed by atoms with van der Waals surface area (Å²) in [4.78, 5) is 39.0. The summed E-state index contributed by atoms with van der Waals surface area (Å²) >= 11 is 4.14. The molecule has 0 saturated carbocycles. The maximum atomic E-state index is 12.9. The van der Waals surface area contributed by atoms with Gasteiger partial charge in [-0.3, -0.25) is 19.3 Å². The minimum atomic E-state index is -0.567.